The summed E-state index contributed by atoms with van der Waals surface area (Å²) in [6, 6.07) is 79.1. The fourth-order valence-electron chi connectivity index (χ4n) is 11.7. The highest BCUT2D eigenvalue weighted by Gasteiger charge is 2.37. The van der Waals surface area contributed by atoms with E-state index in [0.29, 0.717) is 0 Å². The van der Waals surface area contributed by atoms with Crippen LogP contribution in [0.5, 0.6) is 0 Å². The molecule has 14 rings (SSSR count). The lowest BCUT2D eigenvalue weighted by molar-refractivity contribution is 0.661. The van der Waals surface area contributed by atoms with E-state index in [1.807, 2.05) is 0 Å². The standard InChI is InChI=1S/C63H42N2/c1-63(2)54-27-15-13-26-49(54)62-45-23-10-9-21-42(45)53(35-55(62)63)61-47-25-12-11-24-46(47)60(38-17-5-3-6-18-38)48-32-30-39(33-52(48)61)40-29-31-43-50-37-59-51(36-57(50)64-56(43)34-40)44-22-14-16-28-58(44)65(59)41-19-7-4-8-20-41/h3-37,64H,1-2H3. The highest BCUT2D eigenvalue weighted by atomic mass is 15.0. The Morgan fingerprint density at radius 2 is 0.908 bits per heavy atom. The largest absolute Gasteiger partial charge is 0.354 e. The fourth-order valence-corrected chi connectivity index (χ4v) is 11.7. The second kappa shape index (κ2) is 13.4. The zero-order chi connectivity index (χ0) is 43.0. The molecule has 0 bridgehead atoms. The molecule has 0 atom stereocenters. The number of hydrogen-bond donors (Lipinski definition) is 1. The van der Waals surface area contributed by atoms with Crippen molar-refractivity contribution in [2.45, 2.75) is 19.3 Å². The maximum absolute atomic E-state index is 3.87. The molecular formula is C63H42N2. The summed E-state index contributed by atoms with van der Waals surface area (Å²) in [6.45, 7) is 4.80. The highest BCUT2D eigenvalue weighted by molar-refractivity contribution is 6.25. The van der Waals surface area contributed by atoms with Crippen LogP contribution in [-0.2, 0) is 5.41 Å². The molecule has 1 N–H and O–H groups in total. The Labute approximate surface area is 376 Å². The molecule has 1 aliphatic carbocycles. The Bertz CT molecular complexity index is 4130. The fraction of sp³-hybridized carbons (Fsp3) is 0.0476. The van der Waals surface area contributed by atoms with Crippen molar-refractivity contribution in [3.8, 4) is 50.2 Å². The van der Waals surface area contributed by atoms with Crippen LogP contribution in [0.4, 0.5) is 0 Å². The number of H-pyrrole nitrogens is 1. The molecule has 304 valence electrons. The molecule has 0 saturated carbocycles. The molecule has 65 heavy (non-hydrogen) atoms. The van der Waals surface area contributed by atoms with Crippen molar-refractivity contribution in [1.82, 2.24) is 9.55 Å². The van der Waals surface area contributed by atoms with E-state index in [4.69, 9.17) is 0 Å². The van der Waals surface area contributed by atoms with E-state index in [-0.39, 0.29) is 5.41 Å². The molecule has 0 saturated heterocycles. The summed E-state index contributed by atoms with van der Waals surface area (Å²) in [7, 11) is 0. The molecule has 2 heteroatoms. The predicted octanol–water partition coefficient (Wildman–Crippen LogP) is 17.2. The lowest BCUT2D eigenvalue weighted by atomic mass is 9.78. The smallest absolute Gasteiger partial charge is 0.0548 e. The zero-order valence-corrected chi connectivity index (χ0v) is 36.2. The molecule has 0 radical (unpaired) electrons. The van der Waals surface area contributed by atoms with Crippen LogP contribution < -0.4 is 0 Å². The molecule has 11 aromatic carbocycles. The van der Waals surface area contributed by atoms with Gasteiger partial charge in [0.25, 0.3) is 0 Å². The first kappa shape index (κ1) is 36.3. The van der Waals surface area contributed by atoms with Crippen LogP contribution in [0.25, 0.3) is 126 Å². The topological polar surface area (TPSA) is 20.7 Å². The predicted molar refractivity (Wildman–Crippen MR) is 277 cm³/mol. The van der Waals surface area contributed by atoms with Crippen molar-refractivity contribution < 1.29 is 0 Å². The third kappa shape index (κ3) is 5.11. The number of aromatic amines is 1. The lowest BCUT2D eigenvalue weighted by Gasteiger charge is -2.24. The van der Waals surface area contributed by atoms with Crippen molar-refractivity contribution in [1.29, 1.82) is 0 Å². The molecular weight excluding hydrogens is 785 g/mol. The summed E-state index contributed by atoms with van der Waals surface area (Å²) in [4.78, 5) is 3.87. The SMILES string of the molecule is CC1(C)c2ccccc2-c2c1cc(-c1c3ccccc3c(-c3ccccc3)c3ccc(-c4ccc5c(c4)[nH]c4cc6c7ccccc7n(-c7ccccc7)c6cc45)cc13)c1ccccc21. The van der Waals surface area contributed by atoms with Gasteiger partial charge in [-0.25, -0.2) is 0 Å². The first-order chi connectivity index (χ1) is 32.0. The molecule has 0 amide bonds. The Morgan fingerprint density at radius 3 is 1.69 bits per heavy atom. The molecule has 1 aliphatic rings. The summed E-state index contributed by atoms with van der Waals surface area (Å²) >= 11 is 0. The first-order valence-corrected chi connectivity index (χ1v) is 22.8. The first-order valence-electron chi connectivity index (χ1n) is 22.8. The van der Waals surface area contributed by atoms with Crippen LogP contribution in [-0.4, -0.2) is 9.55 Å². The Morgan fingerprint density at radius 1 is 0.323 bits per heavy atom. The van der Waals surface area contributed by atoms with Crippen molar-refractivity contribution in [2.75, 3.05) is 0 Å². The third-order valence-electron chi connectivity index (χ3n) is 14.7. The Kier molecular flexibility index (Phi) is 7.49. The molecule has 0 unspecified atom stereocenters. The number of benzene rings is 11. The van der Waals surface area contributed by atoms with Gasteiger partial charge in [0, 0.05) is 43.7 Å². The monoisotopic (exact) mass is 826 g/mol. The molecule has 0 spiro atoms. The molecule has 0 aliphatic heterocycles. The Balaban J connectivity index is 1.03. The number of rotatable bonds is 4. The number of nitrogens with zero attached hydrogens (tertiary/aromatic N) is 1. The van der Waals surface area contributed by atoms with E-state index < -0.39 is 0 Å². The van der Waals surface area contributed by atoms with E-state index in [1.54, 1.807) is 0 Å². The number of aromatic nitrogens is 2. The molecule has 2 aromatic heterocycles. The Hall–Kier alpha value is -8.20. The van der Waals surface area contributed by atoms with Gasteiger partial charge in [-0.15, -0.1) is 0 Å². The minimum absolute atomic E-state index is 0.149. The van der Waals surface area contributed by atoms with Crippen LogP contribution in [0.15, 0.2) is 212 Å². The maximum Gasteiger partial charge on any atom is 0.0548 e. The molecule has 0 fully saturated rings. The van der Waals surface area contributed by atoms with Crippen LogP contribution in [0.1, 0.15) is 25.0 Å². The minimum Gasteiger partial charge on any atom is -0.354 e. The lowest BCUT2D eigenvalue weighted by Crippen LogP contribution is -2.15. The quantitative estimate of drug-likeness (QED) is 0.171. The summed E-state index contributed by atoms with van der Waals surface area (Å²) < 4.78 is 2.40. The van der Waals surface area contributed by atoms with Crippen LogP contribution in [0, 0.1) is 0 Å². The van der Waals surface area contributed by atoms with Gasteiger partial charge in [0.2, 0.25) is 0 Å². The summed E-state index contributed by atoms with van der Waals surface area (Å²) in [5, 5.41) is 12.6. The van der Waals surface area contributed by atoms with Gasteiger partial charge in [-0.05, 0) is 136 Å². The summed E-state index contributed by atoms with van der Waals surface area (Å²) in [5.74, 6) is 0. The van der Waals surface area contributed by atoms with Crippen LogP contribution in [0.2, 0.25) is 0 Å². The molecule has 2 heterocycles. The molecule has 2 nitrogen and oxygen atoms in total. The van der Waals surface area contributed by atoms with Gasteiger partial charge >= 0.3 is 0 Å². The maximum atomic E-state index is 3.87. The average Bonchev–Trinajstić information content (AvgIpc) is 3.96. The van der Waals surface area contributed by atoms with Gasteiger partial charge in [0.15, 0.2) is 0 Å². The number of fused-ring (bicyclic) bond motifs is 13. The third-order valence-corrected chi connectivity index (χ3v) is 14.7. The van der Waals surface area contributed by atoms with Crippen molar-refractivity contribution in [2.24, 2.45) is 0 Å². The van der Waals surface area contributed by atoms with Gasteiger partial charge < -0.3 is 9.55 Å². The molecule has 13 aromatic rings. The van der Waals surface area contributed by atoms with Gasteiger partial charge in [0.05, 0.1) is 11.0 Å². The summed E-state index contributed by atoms with van der Waals surface area (Å²) in [5.41, 5.74) is 18.7. The van der Waals surface area contributed by atoms with Crippen LogP contribution in [0.3, 0.4) is 0 Å². The van der Waals surface area contributed by atoms with E-state index in [9.17, 15) is 0 Å². The van der Waals surface area contributed by atoms with Crippen molar-refractivity contribution >= 4 is 75.9 Å². The highest BCUT2D eigenvalue weighted by Crippen LogP contribution is 2.55. The zero-order valence-electron chi connectivity index (χ0n) is 36.2. The van der Waals surface area contributed by atoms with Crippen LogP contribution >= 0.6 is 0 Å². The van der Waals surface area contributed by atoms with Crippen molar-refractivity contribution in [3.63, 3.8) is 0 Å². The summed E-state index contributed by atoms with van der Waals surface area (Å²) in [6.07, 6.45) is 0. The normalized spacial score (nSPS) is 13.2. The van der Waals surface area contributed by atoms with E-state index in [2.05, 4.69) is 236 Å². The minimum atomic E-state index is -0.149. The number of para-hydroxylation sites is 2. The van der Waals surface area contributed by atoms with Gasteiger partial charge in [-0.2, -0.15) is 0 Å². The van der Waals surface area contributed by atoms with Gasteiger partial charge in [0.1, 0.15) is 0 Å². The second-order valence-corrected chi connectivity index (χ2v) is 18.5. The average molecular weight is 827 g/mol. The van der Waals surface area contributed by atoms with Gasteiger partial charge in [-0.1, -0.05) is 178 Å². The van der Waals surface area contributed by atoms with E-state index >= 15 is 0 Å². The number of hydrogen-bond acceptors (Lipinski definition) is 0. The van der Waals surface area contributed by atoms with Gasteiger partial charge in [-0.3, -0.25) is 0 Å². The van der Waals surface area contributed by atoms with E-state index in [1.165, 1.54) is 126 Å². The van der Waals surface area contributed by atoms with E-state index in [0.717, 1.165) is 11.0 Å². The number of nitrogens with one attached hydrogen (secondary N) is 1. The van der Waals surface area contributed by atoms with Crippen molar-refractivity contribution in [3.05, 3.63) is 223 Å². The second-order valence-electron chi connectivity index (χ2n) is 18.5.